The zero-order chi connectivity index (χ0) is 13.1. The molecule has 1 aromatic carbocycles. The molecule has 18 heavy (non-hydrogen) atoms. The quantitative estimate of drug-likeness (QED) is 0.680. The monoisotopic (exact) mass is 251 g/mol. The first kappa shape index (κ1) is 12.7. The molecule has 0 aromatic heterocycles. The molecule has 5 nitrogen and oxygen atoms in total. The summed E-state index contributed by atoms with van der Waals surface area (Å²) in [6.45, 7) is 0.330. The second-order valence-corrected chi connectivity index (χ2v) is 4.59. The third-order valence-electron chi connectivity index (χ3n) is 3.04. The minimum Gasteiger partial charge on any atom is -0.508 e. The number of carbonyl (C=O) groups is 1. The number of rotatable bonds is 5. The fraction of sp³-hybridized carbons (Fsp3) is 0.462. The van der Waals surface area contributed by atoms with Crippen LogP contribution in [0.5, 0.6) is 11.5 Å². The van der Waals surface area contributed by atoms with Crippen molar-refractivity contribution in [1.29, 1.82) is 0 Å². The van der Waals surface area contributed by atoms with Crippen LogP contribution in [0.2, 0.25) is 0 Å². The first-order chi connectivity index (χ1) is 8.56. The predicted octanol–water partition coefficient (Wildman–Crippen LogP) is 1.06. The van der Waals surface area contributed by atoms with E-state index in [0.29, 0.717) is 25.2 Å². The standard InChI is InChI=1S/C13H17NO4/c14-9-4-8-5-10(7-12(15)11(8)6-9)18-3-1-2-13(16)17/h5,7,9,15H,1-4,6,14H2,(H,16,17). The number of benzene rings is 1. The highest BCUT2D eigenvalue weighted by Crippen LogP contribution is 2.33. The third kappa shape index (κ3) is 2.92. The number of nitrogens with two attached hydrogens (primary N) is 1. The van der Waals surface area contributed by atoms with E-state index in [1.165, 1.54) is 0 Å². The van der Waals surface area contributed by atoms with Crippen molar-refractivity contribution in [3.05, 3.63) is 23.3 Å². The summed E-state index contributed by atoms with van der Waals surface area (Å²) in [7, 11) is 0. The number of phenolic OH excluding ortho intramolecular Hbond substituents is 1. The largest absolute Gasteiger partial charge is 0.508 e. The lowest BCUT2D eigenvalue weighted by Crippen LogP contribution is -2.19. The normalized spacial score (nSPS) is 17.5. The molecule has 1 aromatic rings. The maximum atomic E-state index is 10.3. The molecule has 0 aliphatic heterocycles. The van der Waals surface area contributed by atoms with E-state index in [-0.39, 0.29) is 18.2 Å². The Hall–Kier alpha value is -1.75. The molecule has 0 saturated heterocycles. The second kappa shape index (κ2) is 5.27. The van der Waals surface area contributed by atoms with Crippen molar-refractivity contribution in [2.45, 2.75) is 31.7 Å². The van der Waals surface area contributed by atoms with Crippen LogP contribution in [-0.2, 0) is 17.6 Å². The van der Waals surface area contributed by atoms with Crippen molar-refractivity contribution in [1.82, 2.24) is 0 Å². The summed E-state index contributed by atoms with van der Waals surface area (Å²) < 4.78 is 5.43. The van der Waals surface area contributed by atoms with Gasteiger partial charge < -0.3 is 20.7 Å². The van der Waals surface area contributed by atoms with Crippen LogP contribution in [-0.4, -0.2) is 28.8 Å². The molecule has 0 spiro atoms. The molecule has 98 valence electrons. The van der Waals surface area contributed by atoms with E-state index >= 15 is 0 Å². The number of hydrogen-bond donors (Lipinski definition) is 3. The molecule has 1 unspecified atom stereocenters. The van der Waals surface area contributed by atoms with Gasteiger partial charge in [0.05, 0.1) is 6.61 Å². The van der Waals surface area contributed by atoms with E-state index in [2.05, 4.69) is 0 Å². The highest BCUT2D eigenvalue weighted by Gasteiger charge is 2.22. The summed E-state index contributed by atoms with van der Waals surface area (Å²) in [5.41, 5.74) is 7.77. The Kier molecular flexibility index (Phi) is 3.72. The van der Waals surface area contributed by atoms with Gasteiger partial charge in [-0.2, -0.15) is 0 Å². The average Bonchev–Trinajstić information content (AvgIpc) is 2.65. The molecular formula is C13H17NO4. The van der Waals surface area contributed by atoms with Gasteiger partial charge in [0.15, 0.2) is 0 Å². The number of carboxylic acids is 1. The summed E-state index contributed by atoms with van der Waals surface area (Å²) in [6.07, 6.45) is 1.98. The fourth-order valence-corrected chi connectivity index (χ4v) is 2.22. The molecule has 0 saturated carbocycles. The van der Waals surface area contributed by atoms with Crippen LogP contribution in [0, 0.1) is 0 Å². The Labute approximate surface area is 105 Å². The smallest absolute Gasteiger partial charge is 0.303 e. The van der Waals surface area contributed by atoms with Gasteiger partial charge in [-0.3, -0.25) is 4.79 Å². The Morgan fingerprint density at radius 3 is 2.94 bits per heavy atom. The lowest BCUT2D eigenvalue weighted by molar-refractivity contribution is -0.137. The van der Waals surface area contributed by atoms with Crippen LogP contribution in [0.4, 0.5) is 0 Å². The Balaban J connectivity index is 1.96. The average molecular weight is 251 g/mol. The van der Waals surface area contributed by atoms with E-state index in [1.807, 2.05) is 6.07 Å². The highest BCUT2D eigenvalue weighted by atomic mass is 16.5. The molecule has 5 heteroatoms. The van der Waals surface area contributed by atoms with E-state index in [4.69, 9.17) is 15.6 Å². The minimum absolute atomic E-state index is 0.0631. The summed E-state index contributed by atoms with van der Waals surface area (Å²) in [5.74, 6) is -0.0409. The maximum absolute atomic E-state index is 10.3. The molecular weight excluding hydrogens is 234 g/mol. The Morgan fingerprint density at radius 2 is 2.22 bits per heavy atom. The lowest BCUT2D eigenvalue weighted by atomic mass is 10.1. The number of aliphatic carboxylic acids is 1. The summed E-state index contributed by atoms with van der Waals surface area (Å²) >= 11 is 0. The minimum atomic E-state index is -0.832. The first-order valence-electron chi connectivity index (χ1n) is 6.01. The Bertz CT molecular complexity index is 459. The van der Waals surface area contributed by atoms with Gasteiger partial charge >= 0.3 is 5.97 Å². The van der Waals surface area contributed by atoms with Crippen LogP contribution in [0.15, 0.2) is 12.1 Å². The van der Waals surface area contributed by atoms with E-state index in [0.717, 1.165) is 17.5 Å². The zero-order valence-corrected chi connectivity index (χ0v) is 10.1. The van der Waals surface area contributed by atoms with Gasteiger partial charge in [0.25, 0.3) is 0 Å². The second-order valence-electron chi connectivity index (χ2n) is 4.59. The van der Waals surface area contributed by atoms with Crippen LogP contribution in [0.1, 0.15) is 24.0 Å². The number of hydrogen-bond acceptors (Lipinski definition) is 4. The Morgan fingerprint density at radius 1 is 1.44 bits per heavy atom. The van der Waals surface area contributed by atoms with E-state index in [9.17, 15) is 9.90 Å². The molecule has 0 fully saturated rings. The van der Waals surface area contributed by atoms with Crippen LogP contribution < -0.4 is 10.5 Å². The van der Waals surface area contributed by atoms with Crippen LogP contribution in [0.3, 0.4) is 0 Å². The molecule has 1 atom stereocenters. The van der Waals surface area contributed by atoms with Crippen LogP contribution >= 0.6 is 0 Å². The van der Waals surface area contributed by atoms with Gasteiger partial charge in [-0.25, -0.2) is 0 Å². The van der Waals surface area contributed by atoms with Gasteiger partial charge in [-0.05, 0) is 36.5 Å². The third-order valence-corrected chi connectivity index (χ3v) is 3.04. The van der Waals surface area contributed by atoms with E-state index in [1.54, 1.807) is 6.07 Å². The molecule has 0 radical (unpaired) electrons. The molecule has 1 aliphatic carbocycles. The molecule has 0 amide bonds. The fourth-order valence-electron chi connectivity index (χ4n) is 2.22. The summed E-state index contributed by atoms with van der Waals surface area (Å²) in [4.78, 5) is 10.3. The zero-order valence-electron chi connectivity index (χ0n) is 10.1. The van der Waals surface area contributed by atoms with Crippen molar-refractivity contribution in [3.8, 4) is 11.5 Å². The molecule has 1 aliphatic rings. The van der Waals surface area contributed by atoms with Crippen molar-refractivity contribution in [3.63, 3.8) is 0 Å². The number of aromatic hydroxyl groups is 1. The number of ether oxygens (including phenoxy) is 1. The molecule has 2 rings (SSSR count). The van der Waals surface area contributed by atoms with E-state index < -0.39 is 5.97 Å². The van der Waals surface area contributed by atoms with Crippen molar-refractivity contribution in [2.75, 3.05) is 6.61 Å². The number of phenols is 1. The first-order valence-corrected chi connectivity index (χ1v) is 6.01. The molecule has 4 N–H and O–H groups in total. The van der Waals surface area contributed by atoms with Gasteiger partial charge in [0.2, 0.25) is 0 Å². The highest BCUT2D eigenvalue weighted by molar-refractivity contribution is 5.66. The maximum Gasteiger partial charge on any atom is 0.303 e. The van der Waals surface area contributed by atoms with Crippen LogP contribution in [0.25, 0.3) is 0 Å². The predicted molar refractivity (Wildman–Crippen MR) is 65.9 cm³/mol. The van der Waals surface area contributed by atoms with Gasteiger partial charge in [-0.15, -0.1) is 0 Å². The SMILES string of the molecule is NC1Cc2cc(OCCCC(=O)O)cc(O)c2C1. The van der Waals surface area contributed by atoms with Crippen molar-refractivity contribution >= 4 is 5.97 Å². The molecule has 0 heterocycles. The lowest BCUT2D eigenvalue weighted by Gasteiger charge is -2.09. The van der Waals surface area contributed by atoms with Gasteiger partial charge in [0.1, 0.15) is 11.5 Å². The summed E-state index contributed by atoms with van der Waals surface area (Å²) in [6, 6.07) is 3.51. The van der Waals surface area contributed by atoms with Crippen molar-refractivity contribution in [2.24, 2.45) is 5.73 Å². The topological polar surface area (TPSA) is 92.8 Å². The van der Waals surface area contributed by atoms with Gasteiger partial charge in [-0.1, -0.05) is 0 Å². The summed E-state index contributed by atoms with van der Waals surface area (Å²) in [5, 5.41) is 18.3. The van der Waals surface area contributed by atoms with Gasteiger partial charge in [0, 0.05) is 18.5 Å². The molecule has 0 bridgehead atoms. The number of fused-ring (bicyclic) bond motifs is 1. The van der Waals surface area contributed by atoms with Crippen molar-refractivity contribution < 1.29 is 19.7 Å². The number of carboxylic acid groups (broad SMARTS) is 1.